The van der Waals surface area contributed by atoms with Crippen molar-refractivity contribution in [1.29, 1.82) is 0 Å². The molecule has 2 aliphatic rings. The second-order valence-corrected chi connectivity index (χ2v) is 8.25. The lowest BCUT2D eigenvalue weighted by molar-refractivity contribution is 0.120. The van der Waals surface area contributed by atoms with Crippen LogP contribution in [0.3, 0.4) is 0 Å². The summed E-state index contributed by atoms with van der Waals surface area (Å²) in [5, 5.41) is 5.31. The van der Waals surface area contributed by atoms with Gasteiger partial charge in [0.1, 0.15) is 0 Å². The Morgan fingerprint density at radius 2 is 2.04 bits per heavy atom. The summed E-state index contributed by atoms with van der Waals surface area (Å²) in [7, 11) is 2.20. The van der Waals surface area contributed by atoms with Crippen molar-refractivity contribution in [2.24, 2.45) is 0 Å². The average molecular weight is 404 g/mol. The molecule has 27 heavy (non-hydrogen) atoms. The van der Waals surface area contributed by atoms with Gasteiger partial charge in [-0.1, -0.05) is 34.4 Å². The zero-order valence-electron chi connectivity index (χ0n) is 14.8. The van der Waals surface area contributed by atoms with Crippen LogP contribution in [0.4, 0.5) is 0 Å². The monoisotopic (exact) mass is 403 g/mol. The smallest absolute Gasteiger partial charge is 0.238 e. The third kappa shape index (κ3) is 2.89. The van der Waals surface area contributed by atoms with Crippen molar-refractivity contribution < 1.29 is 8.94 Å². The summed E-state index contributed by atoms with van der Waals surface area (Å²) in [5.74, 6) is 2.14. The molecule has 0 unspecified atom stereocenters. The largest absolute Gasteiger partial charge is 0.461 e. The number of piperidine rings is 1. The Labute approximate surface area is 167 Å². The fourth-order valence-electron chi connectivity index (χ4n) is 4.77. The number of halogens is 2. The molecule has 4 atom stereocenters. The minimum absolute atomic E-state index is 0.113. The van der Waals surface area contributed by atoms with E-state index < -0.39 is 0 Å². The molecule has 7 heteroatoms. The highest BCUT2D eigenvalue weighted by Crippen LogP contribution is 2.51. The van der Waals surface area contributed by atoms with Gasteiger partial charge in [-0.05, 0) is 62.1 Å². The number of nitrogens with zero attached hydrogens (tertiary/aromatic N) is 3. The van der Waals surface area contributed by atoms with Gasteiger partial charge in [0, 0.05) is 12.1 Å². The van der Waals surface area contributed by atoms with Gasteiger partial charge in [0.15, 0.2) is 5.76 Å². The molecule has 0 amide bonds. The van der Waals surface area contributed by atoms with E-state index in [0.29, 0.717) is 39.6 Å². The van der Waals surface area contributed by atoms with Crippen molar-refractivity contribution in [2.45, 2.75) is 43.2 Å². The molecule has 140 valence electrons. The molecular weight excluding hydrogens is 385 g/mol. The summed E-state index contributed by atoms with van der Waals surface area (Å²) in [6.07, 6.45) is 4.96. The number of hydrogen-bond donors (Lipinski definition) is 0. The van der Waals surface area contributed by atoms with Crippen LogP contribution in [0.2, 0.25) is 10.0 Å². The van der Waals surface area contributed by atoms with Crippen LogP contribution < -0.4 is 0 Å². The van der Waals surface area contributed by atoms with E-state index in [1.165, 1.54) is 12.0 Å². The van der Waals surface area contributed by atoms with Crippen molar-refractivity contribution in [3.05, 3.63) is 58.1 Å². The molecule has 0 saturated carbocycles. The number of rotatable bonds is 3. The van der Waals surface area contributed by atoms with E-state index >= 15 is 0 Å². The van der Waals surface area contributed by atoms with E-state index in [0.717, 1.165) is 12.8 Å². The quantitative estimate of drug-likeness (QED) is 0.588. The summed E-state index contributed by atoms with van der Waals surface area (Å²) in [5.41, 5.74) is 1.18. The predicted molar refractivity (Wildman–Crippen MR) is 103 cm³/mol. The molecule has 5 rings (SSSR count). The summed E-state index contributed by atoms with van der Waals surface area (Å²) >= 11 is 12.4. The van der Waals surface area contributed by atoms with Gasteiger partial charge in [-0.3, -0.25) is 4.90 Å². The minimum atomic E-state index is 0.113. The lowest BCUT2D eigenvalue weighted by Gasteiger charge is -2.41. The van der Waals surface area contributed by atoms with Crippen molar-refractivity contribution >= 4 is 23.2 Å². The Morgan fingerprint density at radius 1 is 1.15 bits per heavy atom. The Bertz CT molecular complexity index is 956. The number of aromatic nitrogens is 2. The molecule has 0 N–H and O–H groups in total. The van der Waals surface area contributed by atoms with Gasteiger partial charge < -0.3 is 8.94 Å². The molecule has 0 spiro atoms. The summed E-state index contributed by atoms with van der Waals surface area (Å²) < 4.78 is 11.1. The van der Waals surface area contributed by atoms with Gasteiger partial charge >= 0.3 is 0 Å². The Balaban J connectivity index is 1.56. The fraction of sp³-hybridized carbons (Fsp3) is 0.400. The van der Waals surface area contributed by atoms with Crippen LogP contribution in [0.5, 0.6) is 0 Å². The molecule has 0 radical (unpaired) electrons. The fourth-order valence-corrected chi connectivity index (χ4v) is 5.07. The lowest BCUT2D eigenvalue weighted by atomic mass is 9.76. The van der Waals surface area contributed by atoms with Crippen LogP contribution >= 0.6 is 23.2 Å². The maximum absolute atomic E-state index is 6.31. The van der Waals surface area contributed by atoms with Gasteiger partial charge in [-0.2, -0.15) is 4.98 Å². The van der Waals surface area contributed by atoms with Gasteiger partial charge in [0.05, 0.1) is 22.2 Å². The number of furan rings is 1. The first-order valence-electron chi connectivity index (χ1n) is 9.16. The van der Waals surface area contributed by atoms with Gasteiger partial charge in [0.25, 0.3) is 0 Å². The standard InChI is InChI=1S/C20H19Cl2N3O2/c1-25-12-5-7-16(25)18(13(10-12)11-4-6-14(21)15(22)9-11)20-23-19(24-27-20)17-3-2-8-26-17/h2-4,6,8-9,12-13,16,18H,5,7,10H2,1H3/t12-,13+,16+,18-/m1/s1. The number of likely N-dealkylation sites (N-methyl/N-ethyl adjacent to an activating group) is 1. The van der Waals surface area contributed by atoms with Crippen LogP contribution in [0.15, 0.2) is 45.5 Å². The Morgan fingerprint density at radius 3 is 2.81 bits per heavy atom. The van der Waals surface area contributed by atoms with Crippen LogP contribution in [-0.4, -0.2) is 34.2 Å². The maximum atomic E-state index is 6.31. The lowest BCUT2D eigenvalue weighted by Crippen LogP contribution is -2.44. The van der Waals surface area contributed by atoms with Gasteiger partial charge in [-0.25, -0.2) is 0 Å². The summed E-state index contributed by atoms with van der Waals surface area (Å²) in [4.78, 5) is 7.15. The molecule has 2 saturated heterocycles. The first-order valence-corrected chi connectivity index (χ1v) is 9.92. The van der Waals surface area contributed by atoms with Gasteiger partial charge in [0.2, 0.25) is 11.7 Å². The van der Waals surface area contributed by atoms with E-state index in [1.807, 2.05) is 24.3 Å². The highest BCUT2D eigenvalue weighted by Gasteiger charge is 2.49. The molecule has 0 aliphatic carbocycles. The second kappa shape index (κ2) is 6.66. The SMILES string of the molecule is CN1[C@@H]2CC[C@H]1[C@H](c1nc(-c3ccco3)no1)[C@H](c1ccc(Cl)c(Cl)c1)C2. The van der Waals surface area contributed by atoms with Crippen molar-refractivity contribution in [1.82, 2.24) is 15.0 Å². The van der Waals surface area contributed by atoms with Crippen molar-refractivity contribution in [3.63, 3.8) is 0 Å². The Kier molecular flexibility index (Phi) is 4.26. The summed E-state index contributed by atoms with van der Waals surface area (Å²) in [6.45, 7) is 0. The molecule has 2 aromatic heterocycles. The maximum Gasteiger partial charge on any atom is 0.238 e. The molecule has 1 aromatic carbocycles. The molecule has 3 aromatic rings. The molecule has 2 aliphatic heterocycles. The third-order valence-electron chi connectivity index (χ3n) is 6.11. The first-order chi connectivity index (χ1) is 13.1. The second-order valence-electron chi connectivity index (χ2n) is 7.44. The van der Waals surface area contributed by atoms with Crippen molar-refractivity contribution in [2.75, 3.05) is 7.05 Å². The number of benzene rings is 1. The first kappa shape index (κ1) is 17.3. The Hall–Kier alpha value is -1.82. The topological polar surface area (TPSA) is 55.3 Å². The van der Waals surface area contributed by atoms with Crippen molar-refractivity contribution in [3.8, 4) is 11.6 Å². The molecule has 2 fully saturated rings. The third-order valence-corrected chi connectivity index (χ3v) is 6.85. The van der Waals surface area contributed by atoms with E-state index in [4.69, 9.17) is 32.1 Å². The van der Waals surface area contributed by atoms with E-state index in [9.17, 15) is 0 Å². The number of hydrogen-bond acceptors (Lipinski definition) is 5. The number of fused-ring (bicyclic) bond motifs is 2. The predicted octanol–water partition coefficient (Wildman–Crippen LogP) is 5.37. The van der Waals surface area contributed by atoms with E-state index in [2.05, 4.69) is 28.2 Å². The van der Waals surface area contributed by atoms with Crippen LogP contribution in [0, 0.1) is 0 Å². The normalized spacial score (nSPS) is 28.0. The minimum Gasteiger partial charge on any atom is -0.461 e. The molecular formula is C20H19Cl2N3O2. The van der Waals surface area contributed by atoms with Crippen LogP contribution in [0.25, 0.3) is 11.6 Å². The van der Waals surface area contributed by atoms with Gasteiger partial charge in [-0.15, -0.1) is 0 Å². The summed E-state index contributed by atoms with van der Waals surface area (Å²) in [6, 6.07) is 10.5. The molecule has 4 heterocycles. The molecule has 5 nitrogen and oxygen atoms in total. The molecule has 2 bridgehead atoms. The van der Waals surface area contributed by atoms with Crippen LogP contribution in [-0.2, 0) is 0 Å². The van der Waals surface area contributed by atoms with Crippen LogP contribution in [0.1, 0.15) is 42.6 Å². The highest BCUT2D eigenvalue weighted by molar-refractivity contribution is 6.42. The zero-order valence-corrected chi connectivity index (χ0v) is 16.3. The zero-order chi connectivity index (χ0) is 18.5. The highest BCUT2D eigenvalue weighted by atomic mass is 35.5. The van der Waals surface area contributed by atoms with E-state index in [1.54, 1.807) is 6.26 Å². The average Bonchev–Trinajstić information content (AvgIpc) is 3.38. The van der Waals surface area contributed by atoms with E-state index in [-0.39, 0.29) is 11.8 Å².